The van der Waals surface area contributed by atoms with Crippen LogP contribution < -0.4 is 26.0 Å². The van der Waals surface area contributed by atoms with E-state index in [-0.39, 0.29) is 41.4 Å². The lowest BCUT2D eigenvalue weighted by molar-refractivity contribution is -0.131. The number of carbonyl (C=O) groups excluding carboxylic acids is 2. The number of alkyl halides is 3. The van der Waals surface area contributed by atoms with Crippen LogP contribution in [-0.4, -0.2) is 81.2 Å². The highest BCUT2D eigenvalue weighted by atomic mass is 19.3. The third kappa shape index (κ3) is 7.30. The number of carboxylic acid groups (broad SMARTS) is 1. The van der Waals surface area contributed by atoms with Gasteiger partial charge in [-0.15, -0.1) is 0 Å². The van der Waals surface area contributed by atoms with Gasteiger partial charge in [0, 0.05) is 41.0 Å². The van der Waals surface area contributed by atoms with Crippen molar-refractivity contribution in [1.82, 2.24) is 35.9 Å². The number of anilines is 1. The minimum Gasteiger partial charge on any atom is -0.478 e. The van der Waals surface area contributed by atoms with Gasteiger partial charge in [0.1, 0.15) is 11.9 Å². The highest BCUT2D eigenvalue weighted by Gasteiger charge is 2.19. The Labute approximate surface area is 246 Å². The number of nitrogens with zero attached hydrogens (tertiary/aromatic N) is 4. The van der Waals surface area contributed by atoms with Crippen LogP contribution in [0.5, 0.6) is 5.75 Å². The molecule has 6 N–H and O–H groups in total. The molecule has 0 spiro atoms. The third-order valence-electron chi connectivity index (χ3n) is 6.16. The van der Waals surface area contributed by atoms with Gasteiger partial charge in [-0.3, -0.25) is 14.7 Å². The monoisotopic (exact) mass is 611 g/mol. The lowest BCUT2D eigenvalue weighted by Gasteiger charge is -2.19. The molecule has 17 heteroatoms. The average molecular weight is 612 g/mol. The first-order valence-corrected chi connectivity index (χ1v) is 12.9. The Morgan fingerprint density at radius 2 is 2.02 bits per heavy atom. The number of amides is 2. The van der Waals surface area contributed by atoms with Gasteiger partial charge in [-0.25, -0.2) is 18.9 Å². The summed E-state index contributed by atoms with van der Waals surface area (Å²) in [6.07, 6.45) is 4.07. The summed E-state index contributed by atoms with van der Waals surface area (Å²) in [5.74, 6) is -2.89. The number of aromatic nitrogens is 4. The van der Waals surface area contributed by atoms with E-state index >= 15 is 0 Å². The molecule has 5 rings (SSSR count). The summed E-state index contributed by atoms with van der Waals surface area (Å²) < 4.78 is 45.3. The van der Waals surface area contributed by atoms with Gasteiger partial charge in [0.25, 0.3) is 5.91 Å². The molecule has 1 atom stereocenters. The standard InChI is InChI=1S/C27H24F3N9O5/c28-16-10-32-27(33-11-16)37-21-6-15(7-22-19(21)12-34-38-22)25(43)31-13-23(40)36-20(9-24(41)42)14-4-17(39-3-1-2-35-39)8-18(5-14)44-26(29)30/h1-9,12,16,26H,10-11,13H2,(H,31,43)(H,34,38)(H,36,40)(H,41,42)(H2,32,33,37)/b20-9+. The molecule has 4 aromatic rings. The zero-order valence-corrected chi connectivity index (χ0v) is 22.6. The van der Waals surface area contributed by atoms with Gasteiger partial charge >= 0.3 is 12.6 Å². The molecule has 2 aromatic heterocycles. The number of fused-ring (bicyclic) bond motifs is 1. The van der Waals surface area contributed by atoms with Crippen LogP contribution in [0.25, 0.3) is 22.3 Å². The van der Waals surface area contributed by atoms with Gasteiger partial charge in [-0.05, 0) is 30.3 Å². The molecule has 1 unspecified atom stereocenters. The SMILES string of the molecule is O=C(O)/C=C(/NC(=O)CNC(=O)c1cc(NC2=NCC(F)CN2)c2cn[nH]c2c1)c1cc(OC(F)F)cc(-n2cccn2)c1. The second-order valence-electron chi connectivity index (χ2n) is 9.32. The summed E-state index contributed by atoms with van der Waals surface area (Å²) >= 11 is 0. The van der Waals surface area contributed by atoms with Crippen molar-refractivity contribution in [3.63, 3.8) is 0 Å². The molecule has 1 aliphatic rings. The zero-order chi connectivity index (χ0) is 31.2. The van der Waals surface area contributed by atoms with Crippen molar-refractivity contribution in [2.24, 2.45) is 4.99 Å². The fourth-order valence-electron chi connectivity index (χ4n) is 4.25. The number of halogens is 3. The van der Waals surface area contributed by atoms with E-state index in [0.717, 1.165) is 6.07 Å². The highest BCUT2D eigenvalue weighted by molar-refractivity contribution is 6.07. The van der Waals surface area contributed by atoms with E-state index in [1.807, 2.05) is 0 Å². The van der Waals surface area contributed by atoms with Crippen molar-refractivity contribution in [3.8, 4) is 11.4 Å². The molecule has 2 amide bonds. The number of benzene rings is 2. The molecule has 0 radical (unpaired) electrons. The molecule has 14 nitrogen and oxygen atoms in total. The van der Waals surface area contributed by atoms with E-state index in [1.54, 1.807) is 6.07 Å². The fraction of sp³-hybridized carbons (Fsp3) is 0.185. The number of rotatable bonds is 10. The number of guanidine groups is 1. The fourth-order valence-corrected chi connectivity index (χ4v) is 4.25. The van der Waals surface area contributed by atoms with Crippen LogP contribution in [0.3, 0.4) is 0 Å². The number of carbonyl (C=O) groups is 3. The first kappa shape index (κ1) is 29.6. The lowest BCUT2D eigenvalue weighted by Crippen LogP contribution is -2.41. The maximum atomic E-state index is 13.4. The van der Waals surface area contributed by atoms with E-state index in [0.29, 0.717) is 28.6 Å². The van der Waals surface area contributed by atoms with Crippen molar-refractivity contribution in [3.05, 3.63) is 72.2 Å². The number of hydrogen-bond donors (Lipinski definition) is 6. The number of aliphatic carboxylic acids is 1. The Hall–Kier alpha value is -5.87. The maximum Gasteiger partial charge on any atom is 0.387 e. The van der Waals surface area contributed by atoms with E-state index in [2.05, 4.69) is 46.3 Å². The highest BCUT2D eigenvalue weighted by Crippen LogP contribution is 2.26. The summed E-state index contributed by atoms with van der Waals surface area (Å²) in [5.41, 5.74) is 1.09. The molecule has 0 saturated carbocycles. The van der Waals surface area contributed by atoms with Crippen LogP contribution in [0.2, 0.25) is 0 Å². The molecular weight excluding hydrogens is 587 g/mol. The summed E-state index contributed by atoms with van der Waals surface area (Å²) in [6, 6.07) is 8.39. The topological polar surface area (TPSA) is 188 Å². The van der Waals surface area contributed by atoms with Gasteiger partial charge in [-0.2, -0.15) is 19.0 Å². The van der Waals surface area contributed by atoms with Gasteiger partial charge in [0.2, 0.25) is 5.91 Å². The molecule has 0 bridgehead atoms. The lowest BCUT2D eigenvalue weighted by atomic mass is 10.1. The Kier molecular flexibility index (Phi) is 8.73. The van der Waals surface area contributed by atoms with Crippen LogP contribution in [0.15, 0.2) is 66.1 Å². The van der Waals surface area contributed by atoms with Crippen molar-refractivity contribution in [1.29, 1.82) is 0 Å². The number of nitrogens with one attached hydrogen (secondary N) is 5. The molecule has 0 saturated heterocycles. The second-order valence-corrected chi connectivity index (χ2v) is 9.32. The first-order chi connectivity index (χ1) is 21.1. The number of H-pyrrole nitrogens is 1. The summed E-state index contributed by atoms with van der Waals surface area (Å²) in [4.78, 5) is 41.5. The number of aliphatic imine (C=N–C) groups is 1. The van der Waals surface area contributed by atoms with Crippen LogP contribution in [0, 0.1) is 0 Å². The van der Waals surface area contributed by atoms with E-state index in [9.17, 15) is 32.7 Å². The second kappa shape index (κ2) is 13.0. The van der Waals surface area contributed by atoms with Crippen LogP contribution in [0.1, 0.15) is 15.9 Å². The summed E-state index contributed by atoms with van der Waals surface area (Å²) in [5, 5.41) is 31.5. The van der Waals surface area contributed by atoms with Crippen LogP contribution in [-0.2, 0) is 9.59 Å². The quantitative estimate of drug-likeness (QED) is 0.146. The molecule has 0 fully saturated rings. The normalized spacial score (nSPS) is 15.0. The molecule has 0 aliphatic carbocycles. The molecule has 2 aromatic carbocycles. The number of aromatic amines is 1. The van der Waals surface area contributed by atoms with E-state index in [4.69, 9.17) is 0 Å². The zero-order valence-electron chi connectivity index (χ0n) is 22.6. The van der Waals surface area contributed by atoms with Gasteiger partial charge in [0.05, 0.1) is 48.4 Å². The molecule has 1 aliphatic heterocycles. The Bertz CT molecular complexity index is 1750. The van der Waals surface area contributed by atoms with Crippen molar-refractivity contribution in [2.75, 3.05) is 25.0 Å². The van der Waals surface area contributed by atoms with Crippen LogP contribution in [0.4, 0.5) is 18.9 Å². The molecule has 3 heterocycles. The molecule has 44 heavy (non-hydrogen) atoms. The Balaban J connectivity index is 1.32. The molecular formula is C27H24F3N9O5. The smallest absolute Gasteiger partial charge is 0.387 e. The van der Waals surface area contributed by atoms with Crippen LogP contribution >= 0.6 is 0 Å². The average Bonchev–Trinajstić information content (AvgIpc) is 3.69. The largest absolute Gasteiger partial charge is 0.478 e. The number of carboxylic acids is 1. The van der Waals surface area contributed by atoms with Crippen molar-refractivity contribution >= 4 is 46.0 Å². The molecule has 228 valence electrons. The predicted octanol–water partition coefficient (Wildman–Crippen LogP) is 2.03. The number of hydrogen-bond acceptors (Lipinski definition) is 9. The first-order valence-electron chi connectivity index (χ1n) is 12.9. The van der Waals surface area contributed by atoms with Crippen molar-refractivity contribution < 1.29 is 37.4 Å². The van der Waals surface area contributed by atoms with Gasteiger partial charge in [-0.1, -0.05) is 0 Å². The summed E-state index contributed by atoms with van der Waals surface area (Å²) in [7, 11) is 0. The maximum absolute atomic E-state index is 13.4. The van der Waals surface area contributed by atoms with Gasteiger partial charge in [0.15, 0.2) is 5.96 Å². The Morgan fingerprint density at radius 3 is 2.73 bits per heavy atom. The predicted molar refractivity (Wildman–Crippen MR) is 151 cm³/mol. The minimum atomic E-state index is -3.17. The minimum absolute atomic E-state index is 0.0223. The van der Waals surface area contributed by atoms with E-state index in [1.165, 1.54) is 47.5 Å². The Morgan fingerprint density at radius 1 is 1.18 bits per heavy atom. The van der Waals surface area contributed by atoms with E-state index < -0.39 is 37.1 Å². The summed E-state index contributed by atoms with van der Waals surface area (Å²) in [6.45, 7) is -3.70. The number of ether oxygens (including phenoxy) is 1. The van der Waals surface area contributed by atoms with Crippen molar-refractivity contribution in [2.45, 2.75) is 12.8 Å². The van der Waals surface area contributed by atoms with Gasteiger partial charge < -0.3 is 31.1 Å². The third-order valence-corrected chi connectivity index (χ3v) is 6.16.